The molecule has 0 aliphatic carbocycles. The number of hydrogen-bond acceptors (Lipinski definition) is 7. The average Bonchev–Trinajstić information content (AvgIpc) is 3.21. The smallest absolute Gasteiger partial charge is 0.309 e. The SMILES string of the molecule is CC/C1=C/CCC[C@H](C)C(O)[C@@H](C)C(=O)C(C)(C)[C@@H](O)CC(=O)O[C@H](/C(C)=C/c2csc(C)n2)C1. The highest BCUT2D eigenvalue weighted by Gasteiger charge is 2.42. The van der Waals surface area contributed by atoms with E-state index in [2.05, 4.69) is 18.0 Å². The molecule has 1 aliphatic rings. The van der Waals surface area contributed by atoms with E-state index in [0.29, 0.717) is 6.42 Å². The molecule has 1 aromatic heterocycles. The summed E-state index contributed by atoms with van der Waals surface area (Å²) in [5, 5.41) is 24.6. The molecule has 0 aromatic carbocycles. The Labute approximate surface area is 214 Å². The van der Waals surface area contributed by atoms with Gasteiger partial charge < -0.3 is 14.9 Å². The van der Waals surface area contributed by atoms with Crippen molar-refractivity contribution in [1.82, 2.24) is 4.98 Å². The van der Waals surface area contributed by atoms with Crippen molar-refractivity contribution in [2.75, 3.05) is 0 Å². The van der Waals surface area contributed by atoms with Gasteiger partial charge in [-0.25, -0.2) is 4.98 Å². The quantitative estimate of drug-likeness (QED) is 0.407. The van der Waals surface area contributed by atoms with Gasteiger partial charge in [-0.2, -0.15) is 0 Å². The molecule has 35 heavy (non-hydrogen) atoms. The first-order valence-corrected chi connectivity index (χ1v) is 13.6. The standard InChI is InChI=1S/C28H43NO5S/c1-8-21-12-10-9-11-17(2)26(32)19(4)27(33)28(6,7)24(30)15-25(31)34-23(14-21)18(3)13-22-16-35-20(5)29-22/h12-13,16-17,19,23-24,26,30,32H,8-11,14-15H2,1-7H3/b18-13+,21-12-/t17-,19+,23-,24-,26?/m0/s1. The number of ketones is 1. The molecule has 196 valence electrons. The Morgan fingerprint density at radius 1 is 1.26 bits per heavy atom. The highest BCUT2D eigenvalue weighted by atomic mass is 32.1. The third kappa shape index (κ3) is 8.09. The maximum atomic E-state index is 13.2. The molecule has 1 aromatic rings. The predicted octanol–water partition coefficient (Wildman–Crippen LogP) is 5.66. The molecule has 2 heterocycles. The fourth-order valence-electron chi connectivity index (χ4n) is 4.61. The fourth-order valence-corrected chi connectivity index (χ4v) is 5.18. The summed E-state index contributed by atoms with van der Waals surface area (Å²) >= 11 is 1.57. The second kappa shape index (κ2) is 12.9. The van der Waals surface area contributed by atoms with Gasteiger partial charge in [0.15, 0.2) is 0 Å². The number of carbonyl (C=O) groups is 2. The van der Waals surface area contributed by atoms with E-state index in [4.69, 9.17) is 4.74 Å². The fraction of sp³-hybridized carbons (Fsp3) is 0.679. The summed E-state index contributed by atoms with van der Waals surface area (Å²) in [5.41, 5.74) is 1.74. The Bertz CT molecular complexity index is 932. The highest BCUT2D eigenvalue weighted by molar-refractivity contribution is 7.09. The van der Waals surface area contributed by atoms with E-state index in [9.17, 15) is 19.8 Å². The lowest BCUT2D eigenvalue weighted by Crippen LogP contribution is -2.45. The lowest BCUT2D eigenvalue weighted by Gasteiger charge is -2.34. The number of aromatic nitrogens is 1. The maximum Gasteiger partial charge on any atom is 0.309 e. The molecule has 0 spiro atoms. The van der Waals surface area contributed by atoms with Gasteiger partial charge in [-0.3, -0.25) is 9.59 Å². The van der Waals surface area contributed by atoms with E-state index >= 15 is 0 Å². The van der Waals surface area contributed by atoms with Gasteiger partial charge in [0.1, 0.15) is 11.9 Å². The number of aliphatic hydroxyl groups is 2. The molecule has 0 fully saturated rings. The second-order valence-electron chi connectivity index (χ2n) is 10.6. The van der Waals surface area contributed by atoms with Crippen LogP contribution in [0, 0.1) is 24.2 Å². The van der Waals surface area contributed by atoms with Crippen molar-refractivity contribution in [3.05, 3.63) is 33.3 Å². The first-order chi connectivity index (χ1) is 16.4. The molecule has 0 bridgehead atoms. The minimum atomic E-state index is -1.22. The summed E-state index contributed by atoms with van der Waals surface area (Å²) in [5.74, 6) is -1.48. The van der Waals surface area contributed by atoms with Crippen LogP contribution < -0.4 is 0 Å². The van der Waals surface area contributed by atoms with Crippen molar-refractivity contribution in [3.63, 3.8) is 0 Å². The summed E-state index contributed by atoms with van der Waals surface area (Å²) in [7, 11) is 0. The van der Waals surface area contributed by atoms with Gasteiger partial charge in [-0.1, -0.05) is 46.3 Å². The normalized spacial score (nSPS) is 31.5. The number of Topliss-reactive ketones (excluding diaryl/α,β-unsaturated/α-hetero) is 1. The number of aliphatic hydroxyl groups excluding tert-OH is 2. The van der Waals surface area contributed by atoms with Crippen molar-refractivity contribution < 1.29 is 24.5 Å². The molecule has 1 unspecified atom stereocenters. The van der Waals surface area contributed by atoms with Crippen LogP contribution in [-0.4, -0.2) is 45.3 Å². The van der Waals surface area contributed by atoms with Gasteiger partial charge in [-0.15, -0.1) is 11.3 Å². The summed E-state index contributed by atoms with van der Waals surface area (Å²) in [6, 6.07) is 0. The first kappa shape index (κ1) is 29.4. The summed E-state index contributed by atoms with van der Waals surface area (Å²) in [6.07, 6.45) is 5.35. The van der Waals surface area contributed by atoms with Crippen LogP contribution in [0.25, 0.3) is 6.08 Å². The molecule has 6 nitrogen and oxygen atoms in total. The predicted molar refractivity (Wildman–Crippen MR) is 141 cm³/mol. The monoisotopic (exact) mass is 505 g/mol. The van der Waals surface area contributed by atoms with E-state index in [1.807, 2.05) is 32.2 Å². The Kier molecular flexibility index (Phi) is 10.9. The largest absolute Gasteiger partial charge is 0.457 e. The van der Waals surface area contributed by atoms with Crippen LogP contribution in [0.1, 0.15) is 90.8 Å². The lowest BCUT2D eigenvalue weighted by molar-refractivity contribution is -0.154. The van der Waals surface area contributed by atoms with Gasteiger partial charge in [-0.05, 0) is 57.1 Å². The summed E-state index contributed by atoms with van der Waals surface area (Å²) in [4.78, 5) is 30.6. The molecule has 7 heteroatoms. The molecule has 1 aliphatic heterocycles. The Balaban J connectivity index is 2.37. The number of esters is 1. The van der Waals surface area contributed by atoms with Crippen molar-refractivity contribution in [1.29, 1.82) is 0 Å². The first-order valence-electron chi connectivity index (χ1n) is 12.7. The van der Waals surface area contributed by atoms with Gasteiger partial charge >= 0.3 is 5.97 Å². The van der Waals surface area contributed by atoms with Crippen LogP contribution in [-0.2, 0) is 14.3 Å². The Hall–Kier alpha value is -1.83. The molecule has 0 amide bonds. The number of carbonyl (C=O) groups excluding carboxylic acids is 2. The van der Waals surface area contributed by atoms with Crippen molar-refractivity contribution in [2.45, 2.75) is 105 Å². The minimum absolute atomic E-state index is 0.0438. The van der Waals surface area contributed by atoms with Gasteiger partial charge in [0, 0.05) is 17.7 Å². The zero-order valence-electron chi connectivity index (χ0n) is 22.3. The van der Waals surface area contributed by atoms with Crippen LogP contribution in [0.15, 0.2) is 22.6 Å². The van der Waals surface area contributed by atoms with E-state index in [0.717, 1.165) is 42.0 Å². The molecule has 0 saturated carbocycles. The Morgan fingerprint density at radius 2 is 1.94 bits per heavy atom. The van der Waals surface area contributed by atoms with Crippen LogP contribution >= 0.6 is 11.3 Å². The number of cyclic esters (lactones) is 1. The van der Waals surface area contributed by atoms with Crippen LogP contribution in [0.4, 0.5) is 0 Å². The zero-order valence-corrected chi connectivity index (χ0v) is 23.2. The van der Waals surface area contributed by atoms with E-state index in [-0.39, 0.29) is 18.1 Å². The molecular weight excluding hydrogens is 462 g/mol. The van der Waals surface area contributed by atoms with E-state index in [1.165, 1.54) is 5.57 Å². The van der Waals surface area contributed by atoms with Crippen LogP contribution in [0.2, 0.25) is 0 Å². The Morgan fingerprint density at radius 3 is 2.54 bits per heavy atom. The minimum Gasteiger partial charge on any atom is -0.457 e. The van der Waals surface area contributed by atoms with Gasteiger partial charge in [0.25, 0.3) is 0 Å². The number of hydrogen-bond donors (Lipinski definition) is 2. The number of aryl methyl sites for hydroxylation is 1. The average molecular weight is 506 g/mol. The molecule has 2 N–H and O–H groups in total. The number of thiazole rings is 1. The summed E-state index contributed by atoms with van der Waals surface area (Å²) in [6.45, 7) is 12.9. The zero-order chi connectivity index (χ0) is 26.3. The van der Waals surface area contributed by atoms with E-state index < -0.39 is 35.6 Å². The molecule has 0 radical (unpaired) electrons. The molecule has 0 saturated heterocycles. The van der Waals surface area contributed by atoms with Crippen molar-refractivity contribution in [3.8, 4) is 0 Å². The van der Waals surface area contributed by atoms with Crippen LogP contribution in [0.5, 0.6) is 0 Å². The van der Waals surface area contributed by atoms with E-state index in [1.54, 1.807) is 32.1 Å². The maximum absolute atomic E-state index is 13.2. The third-order valence-corrected chi connectivity index (χ3v) is 8.12. The highest BCUT2D eigenvalue weighted by Crippen LogP contribution is 2.32. The van der Waals surface area contributed by atoms with Gasteiger partial charge in [0.2, 0.25) is 0 Å². The second-order valence-corrected chi connectivity index (χ2v) is 11.6. The number of ether oxygens (including phenoxy) is 1. The molecule has 5 atom stereocenters. The van der Waals surface area contributed by atoms with Gasteiger partial charge in [0.05, 0.1) is 34.7 Å². The third-order valence-electron chi connectivity index (χ3n) is 7.33. The van der Waals surface area contributed by atoms with Crippen molar-refractivity contribution >= 4 is 29.2 Å². The number of nitrogens with zero attached hydrogens (tertiary/aromatic N) is 1. The number of allylic oxidation sites excluding steroid dienone is 1. The van der Waals surface area contributed by atoms with Crippen molar-refractivity contribution in [2.24, 2.45) is 17.3 Å². The summed E-state index contributed by atoms with van der Waals surface area (Å²) < 4.78 is 5.90. The number of rotatable bonds is 3. The molecular formula is C28H43NO5S. The topological polar surface area (TPSA) is 96.7 Å². The molecule has 2 rings (SSSR count). The van der Waals surface area contributed by atoms with Crippen LogP contribution in [0.3, 0.4) is 0 Å². The lowest BCUT2D eigenvalue weighted by atomic mass is 9.73.